The Hall–Kier alpha value is -0.520. The van der Waals surface area contributed by atoms with Gasteiger partial charge in [0.15, 0.2) is 0 Å². The summed E-state index contributed by atoms with van der Waals surface area (Å²) >= 11 is 0. The lowest BCUT2D eigenvalue weighted by Gasteiger charge is -1.98. The van der Waals surface area contributed by atoms with Gasteiger partial charge in [-0.2, -0.15) is 0 Å². The lowest BCUT2D eigenvalue weighted by molar-refractivity contribution is 0.592. The molecule has 0 nitrogen and oxygen atoms in total. The molecule has 0 aromatic rings. The van der Waals surface area contributed by atoms with Crippen LogP contribution in [0.5, 0.6) is 0 Å². The molecule has 0 saturated heterocycles. The Morgan fingerprint density at radius 1 is 0.632 bits per heavy atom. The fourth-order valence-electron chi connectivity index (χ4n) is 2.13. The summed E-state index contributed by atoms with van der Waals surface area (Å²) in [6.45, 7) is 6.82. The van der Waals surface area contributed by atoms with Crippen LogP contribution in [0.1, 0.15) is 91.4 Å². The summed E-state index contributed by atoms with van der Waals surface area (Å²) in [5.74, 6) is 0.795. The van der Waals surface area contributed by atoms with Crippen LogP contribution < -0.4 is 0 Å². The van der Waals surface area contributed by atoms with Gasteiger partial charge in [-0.1, -0.05) is 83.6 Å². The summed E-state index contributed by atoms with van der Waals surface area (Å²) in [6, 6.07) is 0. The largest absolute Gasteiger partial charge is 0.0885 e. The molecule has 0 N–H and O–H groups in total. The summed E-state index contributed by atoms with van der Waals surface area (Å²) in [4.78, 5) is 0. The summed E-state index contributed by atoms with van der Waals surface area (Å²) in [7, 11) is 0. The number of hydrogen-bond acceptors (Lipinski definition) is 0. The molecule has 19 heavy (non-hydrogen) atoms. The van der Waals surface area contributed by atoms with Crippen LogP contribution in [0.3, 0.4) is 0 Å². The average Bonchev–Trinajstić information content (AvgIpc) is 2.39. The van der Waals surface area contributed by atoms with Gasteiger partial charge < -0.3 is 0 Å². The maximum absolute atomic E-state index is 2.38. The highest BCUT2D eigenvalue weighted by Gasteiger charge is 1.89. The number of hydrogen-bond donors (Lipinski definition) is 0. The van der Waals surface area contributed by atoms with Crippen LogP contribution in [0.25, 0.3) is 0 Å². The highest BCUT2D eigenvalue weighted by molar-refractivity contribution is 4.88. The summed E-state index contributed by atoms with van der Waals surface area (Å²) < 4.78 is 0. The van der Waals surface area contributed by atoms with Crippen molar-refractivity contribution in [1.82, 2.24) is 0 Å². The number of allylic oxidation sites excluding steroid dienone is 4. The minimum atomic E-state index is 0.795. The molecule has 0 radical (unpaired) electrons. The molecule has 0 rings (SSSR count). The fraction of sp³-hybridized carbons (Fsp3) is 0.789. The fourth-order valence-corrected chi connectivity index (χ4v) is 2.13. The monoisotopic (exact) mass is 264 g/mol. The molecule has 0 spiro atoms. The third-order valence-electron chi connectivity index (χ3n) is 3.42. The van der Waals surface area contributed by atoms with Crippen LogP contribution in [0.4, 0.5) is 0 Å². The second kappa shape index (κ2) is 15.5. The van der Waals surface area contributed by atoms with Crippen molar-refractivity contribution in [2.45, 2.75) is 91.4 Å². The van der Waals surface area contributed by atoms with Crippen LogP contribution in [-0.4, -0.2) is 0 Å². The third-order valence-corrected chi connectivity index (χ3v) is 3.42. The molecule has 0 atom stereocenters. The molecule has 0 fully saturated rings. The Morgan fingerprint density at radius 3 is 1.79 bits per heavy atom. The molecule has 0 aliphatic heterocycles. The Kier molecular flexibility index (Phi) is 15.1. The number of unbranched alkanes of at least 4 members (excludes halogenated alkanes) is 8. The standard InChI is InChI=1S/C19H36/c1-4-5-6-7-8-9-10-11-12-13-14-15-16-17-18-19(2)3/h12-13,16-17,19H,4-11,14-15,18H2,1-3H3/b13-12+,17-16+. The van der Waals surface area contributed by atoms with Crippen LogP contribution in [-0.2, 0) is 0 Å². The van der Waals surface area contributed by atoms with Crippen molar-refractivity contribution >= 4 is 0 Å². The van der Waals surface area contributed by atoms with Gasteiger partial charge in [0.05, 0.1) is 0 Å². The minimum Gasteiger partial charge on any atom is -0.0885 e. The molecule has 0 aromatic carbocycles. The molecular weight excluding hydrogens is 228 g/mol. The van der Waals surface area contributed by atoms with Gasteiger partial charge in [0, 0.05) is 0 Å². The number of rotatable bonds is 13. The van der Waals surface area contributed by atoms with E-state index in [-0.39, 0.29) is 0 Å². The lowest BCUT2D eigenvalue weighted by Crippen LogP contribution is -1.81. The van der Waals surface area contributed by atoms with E-state index in [9.17, 15) is 0 Å². The van der Waals surface area contributed by atoms with Crippen molar-refractivity contribution in [2.75, 3.05) is 0 Å². The van der Waals surface area contributed by atoms with E-state index in [4.69, 9.17) is 0 Å². The maximum atomic E-state index is 2.38. The van der Waals surface area contributed by atoms with Gasteiger partial charge in [-0.05, 0) is 38.0 Å². The highest BCUT2D eigenvalue weighted by atomic mass is 14.0. The molecule has 0 aromatic heterocycles. The first-order chi connectivity index (χ1) is 9.27. The smallest absolute Gasteiger partial charge is 0.0316 e. The molecule has 0 amide bonds. The predicted octanol–water partition coefficient (Wildman–Crippen LogP) is 7.07. The van der Waals surface area contributed by atoms with Crippen LogP contribution in [0.2, 0.25) is 0 Å². The van der Waals surface area contributed by atoms with E-state index >= 15 is 0 Å². The second-order valence-electron chi connectivity index (χ2n) is 6.06. The zero-order chi connectivity index (χ0) is 14.2. The van der Waals surface area contributed by atoms with E-state index in [1.54, 1.807) is 0 Å². The quantitative estimate of drug-likeness (QED) is 0.246. The Morgan fingerprint density at radius 2 is 1.16 bits per heavy atom. The van der Waals surface area contributed by atoms with Crippen LogP contribution in [0.15, 0.2) is 24.3 Å². The zero-order valence-corrected chi connectivity index (χ0v) is 13.7. The van der Waals surface area contributed by atoms with E-state index < -0.39 is 0 Å². The molecule has 0 heterocycles. The van der Waals surface area contributed by atoms with Crippen molar-refractivity contribution in [1.29, 1.82) is 0 Å². The van der Waals surface area contributed by atoms with Crippen LogP contribution in [0, 0.1) is 5.92 Å². The molecule has 0 unspecified atom stereocenters. The van der Waals surface area contributed by atoms with Crippen LogP contribution >= 0.6 is 0 Å². The van der Waals surface area contributed by atoms with Gasteiger partial charge in [0.2, 0.25) is 0 Å². The SMILES string of the molecule is CCCCCCCCC/C=C/CC/C=C/CC(C)C. The maximum Gasteiger partial charge on any atom is -0.0316 e. The van der Waals surface area contributed by atoms with Crippen molar-refractivity contribution < 1.29 is 0 Å². The molecule has 112 valence electrons. The van der Waals surface area contributed by atoms with Crippen molar-refractivity contribution in [2.24, 2.45) is 5.92 Å². The van der Waals surface area contributed by atoms with Gasteiger partial charge in [0.25, 0.3) is 0 Å². The Bertz CT molecular complexity index is 210. The molecular formula is C19H36. The highest BCUT2D eigenvalue weighted by Crippen LogP contribution is 2.09. The van der Waals surface area contributed by atoms with E-state index in [0.717, 1.165) is 5.92 Å². The summed E-state index contributed by atoms with van der Waals surface area (Å²) in [5, 5.41) is 0. The lowest BCUT2D eigenvalue weighted by atomic mass is 10.1. The second-order valence-corrected chi connectivity index (χ2v) is 6.06. The first kappa shape index (κ1) is 18.5. The van der Waals surface area contributed by atoms with E-state index in [2.05, 4.69) is 45.1 Å². The minimum absolute atomic E-state index is 0.795. The average molecular weight is 264 g/mol. The Labute approximate surface area is 122 Å². The third kappa shape index (κ3) is 17.5. The zero-order valence-electron chi connectivity index (χ0n) is 13.7. The van der Waals surface area contributed by atoms with Gasteiger partial charge in [0.1, 0.15) is 0 Å². The molecule has 0 aliphatic rings. The van der Waals surface area contributed by atoms with Gasteiger partial charge in [-0.25, -0.2) is 0 Å². The molecule has 0 bridgehead atoms. The topological polar surface area (TPSA) is 0 Å². The van der Waals surface area contributed by atoms with Crippen molar-refractivity contribution in [3.63, 3.8) is 0 Å². The van der Waals surface area contributed by atoms with Crippen molar-refractivity contribution in [3.8, 4) is 0 Å². The first-order valence-corrected chi connectivity index (χ1v) is 8.57. The van der Waals surface area contributed by atoms with Crippen molar-refractivity contribution in [3.05, 3.63) is 24.3 Å². The molecule has 0 heteroatoms. The van der Waals surface area contributed by atoms with Gasteiger partial charge in [-0.3, -0.25) is 0 Å². The summed E-state index contributed by atoms with van der Waals surface area (Å²) in [6.07, 6.45) is 24.2. The van der Waals surface area contributed by atoms with Gasteiger partial charge >= 0.3 is 0 Å². The summed E-state index contributed by atoms with van der Waals surface area (Å²) in [5.41, 5.74) is 0. The molecule has 0 aliphatic carbocycles. The Balaban J connectivity index is 3.15. The first-order valence-electron chi connectivity index (χ1n) is 8.57. The van der Waals surface area contributed by atoms with E-state index in [1.165, 1.54) is 70.6 Å². The van der Waals surface area contributed by atoms with E-state index in [0.29, 0.717) is 0 Å². The normalized spacial score (nSPS) is 12.2. The predicted molar refractivity (Wildman–Crippen MR) is 89.6 cm³/mol. The molecule has 0 saturated carbocycles. The van der Waals surface area contributed by atoms with E-state index in [1.807, 2.05) is 0 Å². The van der Waals surface area contributed by atoms with Gasteiger partial charge in [-0.15, -0.1) is 0 Å².